The van der Waals surface area contributed by atoms with Crippen molar-refractivity contribution < 1.29 is 23.1 Å². The molecule has 1 aliphatic heterocycles. The topological polar surface area (TPSA) is 46.6 Å². The van der Waals surface area contributed by atoms with E-state index in [1.165, 1.54) is 6.07 Å². The van der Waals surface area contributed by atoms with E-state index in [0.29, 0.717) is 5.57 Å². The van der Waals surface area contributed by atoms with Gasteiger partial charge < -0.3 is 4.74 Å². The molecule has 1 atom stereocenters. The monoisotopic (exact) mass is 295 g/mol. The predicted molar refractivity (Wildman–Crippen MR) is 72.3 cm³/mol. The number of hydrogen-bond acceptors (Lipinski definition) is 3. The van der Waals surface area contributed by atoms with Crippen LogP contribution in [0.3, 0.4) is 0 Å². The molecular weight excluding hydrogens is 280 g/mol. The van der Waals surface area contributed by atoms with Crippen molar-refractivity contribution in [3.63, 3.8) is 0 Å². The van der Waals surface area contributed by atoms with Gasteiger partial charge in [-0.1, -0.05) is 6.58 Å². The Hall–Kier alpha value is -2.24. The van der Waals surface area contributed by atoms with Crippen LogP contribution in [0.4, 0.5) is 13.6 Å². The van der Waals surface area contributed by atoms with Gasteiger partial charge in [0.2, 0.25) is 5.91 Å². The molecular formula is C15H15F2NO3. The summed E-state index contributed by atoms with van der Waals surface area (Å²) in [5, 5.41) is 0. The van der Waals surface area contributed by atoms with E-state index in [2.05, 4.69) is 6.58 Å². The summed E-state index contributed by atoms with van der Waals surface area (Å²) in [6.45, 7) is 5.59. The highest BCUT2D eigenvalue weighted by Gasteiger charge is 2.34. The molecule has 112 valence electrons. The molecule has 0 radical (unpaired) electrons. The van der Waals surface area contributed by atoms with Crippen molar-refractivity contribution in [1.29, 1.82) is 0 Å². The number of amides is 2. The third kappa shape index (κ3) is 3.26. The Morgan fingerprint density at radius 1 is 1.43 bits per heavy atom. The lowest BCUT2D eigenvalue weighted by atomic mass is 10.0. The molecule has 0 aliphatic carbocycles. The molecule has 2 amide bonds. The summed E-state index contributed by atoms with van der Waals surface area (Å²) in [7, 11) is 0. The van der Waals surface area contributed by atoms with Crippen molar-refractivity contribution in [2.75, 3.05) is 6.61 Å². The number of allylic oxidation sites excluding steroid dienone is 1. The Kier molecular flexibility index (Phi) is 4.35. The second-order valence-corrected chi connectivity index (χ2v) is 4.92. The lowest BCUT2D eigenvalue weighted by Gasteiger charge is -2.16. The third-order valence-corrected chi connectivity index (χ3v) is 3.31. The first kappa shape index (κ1) is 15.2. The summed E-state index contributed by atoms with van der Waals surface area (Å²) in [5.74, 6) is -1.79. The minimum atomic E-state index is -0.721. The van der Waals surface area contributed by atoms with Gasteiger partial charge in [0, 0.05) is 18.1 Å². The van der Waals surface area contributed by atoms with Crippen LogP contribution in [0.2, 0.25) is 0 Å². The number of ether oxygens (including phenoxy) is 1. The smallest absolute Gasteiger partial charge is 0.416 e. The molecule has 1 aromatic carbocycles. The molecule has 0 bridgehead atoms. The Labute approximate surface area is 121 Å². The number of halogens is 2. The summed E-state index contributed by atoms with van der Waals surface area (Å²) < 4.78 is 31.2. The third-order valence-electron chi connectivity index (χ3n) is 3.31. The zero-order valence-corrected chi connectivity index (χ0v) is 11.6. The Balaban J connectivity index is 1.98. The number of nitrogens with zero attached hydrogens (tertiary/aromatic N) is 1. The maximum Gasteiger partial charge on any atom is 0.416 e. The molecule has 0 spiro atoms. The lowest BCUT2D eigenvalue weighted by Crippen LogP contribution is -2.37. The summed E-state index contributed by atoms with van der Waals surface area (Å²) in [4.78, 5) is 24.4. The molecule has 1 aliphatic rings. The number of rotatable bonds is 4. The van der Waals surface area contributed by atoms with E-state index < -0.39 is 23.6 Å². The molecule has 21 heavy (non-hydrogen) atoms. The van der Waals surface area contributed by atoms with Crippen LogP contribution in [0.1, 0.15) is 25.3 Å². The fraction of sp³-hybridized carbons (Fsp3) is 0.333. The Morgan fingerprint density at radius 2 is 2.14 bits per heavy atom. The highest BCUT2D eigenvalue weighted by atomic mass is 19.1. The predicted octanol–water partition coefficient (Wildman–Crippen LogP) is 3.13. The Morgan fingerprint density at radius 3 is 2.71 bits per heavy atom. The van der Waals surface area contributed by atoms with Crippen molar-refractivity contribution >= 4 is 17.6 Å². The number of cyclic esters (lactones) is 1. The van der Waals surface area contributed by atoms with Gasteiger partial charge in [-0.15, -0.1) is 0 Å². The van der Waals surface area contributed by atoms with Gasteiger partial charge in [-0.25, -0.2) is 18.5 Å². The summed E-state index contributed by atoms with van der Waals surface area (Å²) in [6.07, 6.45) is -0.474. The Bertz CT molecular complexity index is 601. The average molecular weight is 295 g/mol. The van der Waals surface area contributed by atoms with Gasteiger partial charge in [-0.05, 0) is 31.1 Å². The fourth-order valence-electron chi connectivity index (χ4n) is 2.15. The molecule has 1 fully saturated rings. The molecule has 1 heterocycles. The molecule has 4 nitrogen and oxygen atoms in total. The normalized spacial score (nSPS) is 17.8. The zero-order valence-electron chi connectivity index (χ0n) is 11.6. The summed E-state index contributed by atoms with van der Waals surface area (Å²) in [6, 6.07) is 2.87. The first-order chi connectivity index (χ1) is 9.90. The molecule has 0 saturated carbocycles. The quantitative estimate of drug-likeness (QED) is 0.857. The van der Waals surface area contributed by atoms with Crippen LogP contribution in [0.15, 0.2) is 24.8 Å². The number of imide groups is 1. The minimum absolute atomic E-state index is 0.00902. The lowest BCUT2D eigenvalue weighted by molar-refractivity contribution is -0.128. The molecule has 2 rings (SSSR count). The number of carbonyl (C=O) groups is 2. The van der Waals surface area contributed by atoms with Crippen molar-refractivity contribution in [1.82, 2.24) is 4.90 Å². The first-order valence-corrected chi connectivity index (χ1v) is 6.52. The molecule has 0 N–H and O–H groups in total. The van der Waals surface area contributed by atoms with Crippen LogP contribution in [0, 0.1) is 11.6 Å². The van der Waals surface area contributed by atoms with Crippen LogP contribution >= 0.6 is 0 Å². The highest BCUT2D eigenvalue weighted by molar-refractivity contribution is 5.94. The van der Waals surface area contributed by atoms with Crippen LogP contribution in [0.5, 0.6) is 0 Å². The van der Waals surface area contributed by atoms with Gasteiger partial charge in [0.15, 0.2) is 0 Å². The van der Waals surface area contributed by atoms with Crippen molar-refractivity contribution in [3.8, 4) is 0 Å². The molecule has 1 aromatic rings. The first-order valence-electron chi connectivity index (χ1n) is 6.52. The van der Waals surface area contributed by atoms with E-state index in [0.717, 1.165) is 17.0 Å². The van der Waals surface area contributed by atoms with Gasteiger partial charge in [0.25, 0.3) is 0 Å². The maximum absolute atomic E-state index is 13.6. The summed E-state index contributed by atoms with van der Waals surface area (Å²) in [5.41, 5.74) is 0.544. The van der Waals surface area contributed by atoms with Gasteiger partial charge in [0.05, 0.1) is 6.04 Å². The highest BCUT2D eigenvalue weighted by Crippen LogP contribution is 2.23. The average Bonchev–Trinajstić information content (AvgIpc) is 2.75. The zero-order chi connectivity index (χ0) is 15.6. The van der Waals surface area contributed by atoms with E-state index in [9.17, 15) is 18.4 Å². The van der Waals surface area contributed by atoms with E-state index in [1.54, 1.807) is 6.92 Å². The summed E-state index contributed by atoms with van der Waals surface area (Å²) >= 11 is 0. The van der Waals surface area contributed by atoms with Crippen molar-refractivity contribution in [2.24, 2.45) is 0 Å². The van der Waals surface area contributed by atoms with Gasteiger partial charge in [-0.2, -0.15) is 0 Å². The van der Waals surface area contributed by atoms with Crippen LogP contribution < -0.4 is 0 Å². The van der Waals surface area contributed by atoms with Crippen molar-refractivity contribution in [2.45, 2.75) is 25.8 Å². The van der Waals surface area contributed by atoms with E-state index in [1.807, 2.05) is 0 Å². The van der Waals surface area contributed by atoms with Gasteiger partial charge in [0.1, 0.15) is 18.2 Å². The van der Waals surface area contributed by atoms with E-state index in [4.69, 9.17) is 4.74 Å². The van der Waals surface area contributed by atoms with Crippen LogP contribution in [0.25, 0.3) is 5.57 Å². The molecule has 1 saturated heterocycles. The largest absolute Gasteiger partial charge is 0.447 e. The SMILES string of the molecule is C=C(CCC(=O)N1C(=O)OC[C@H]1C)c1ccc(F)cc1F. The number of carbonyl (C=O) groups excluding carboxylic acids is 2. The molecule has 0 aromatic heterocycles. The number of benzene rings is 1. The van der Waals surface area contributed by atoms with Crippen molar-refractivity contribution in [3.05, 3.63) is 42.0 Å². The van der Waals surface area contributed by atoms with Crippen LogP contribution in [-0.2, 0) is 9.53 Å². The van der Waals surface area contributed by atoms with E-state index in [-0.39, 0.29) is 31.1 Å². The second-order valence-electron chi connectivity index (χ2n) is 4.92. The van der Waals surface area contributed by atoms with Gasteiger partial charge in [-0.3, -0.25) is 4.79 Å². The fourth-order valence-corrected chi connectivity index (χ4v) is 2.15. The maximum atomic E-state index is 13.6. The standard InChI is InChI=1S/C15H15F2NO3/c1-9(12-5-4-11(16)7-13(12)17)3-6-14(19)18-10(2)8-21-15(18)20/h4-5,7,10H,1,3,6,8H2,2H3/t10-/m1/s1. The van der Waals surface area contributed by atoms with E-state index >= 15 is 0 Å². The minimum Gasteiger partial charge on any atom is -0.447 e. The molecule has 6 heteroatoms. The van der Waals surface area contributed by atoms with Crippen LogP contribution in [-0.4, -0.2) is 29.5 Å². The molecule has 0 unspecified atom stereocenters. The van der Waals surface area contributed by atoms with Gasteiger partial charge >= 0.3 is 6.09 Å². The number of hydrogen-bond donors (Lipinski definition) is 0. The second kappa shape index (κ2) is 6.03.